The molecule has 1 radical (unpaired) electrons. The van der Waals surface area contributed by atoms with Crippen molar-refractivity contribution in [1.29, 1.82) is 0 Å². The van der Waals surface area contributed by atoms with E-state index in [4.69, 9.17) is 16.3 Å². The average molecular weight is 142 g/mol. The van der Waals surface area contributed by atoms with Gasteiger partial charge < -0.3 is 4.74 Å². The molecule has 0 N–H and O–H groups in total. The first-order valence-electron chi connectivity index (χ1n) is 2.54. The van der Waals surface area contributed by atoms with Gasteiger partial charge in [-0.15, -0.1) is 0 Å². The molecule has 0 aliphatic carbocycles. The quantitative estimate of drug-likeness (QED) is 0.582. The van der Waals surface area contributed by atoms with Crippen LogP contribution in [-0.2, 0) is 0 Å². The first-order valence-corrected chi connectivity index (χ1v) is 2.92. The summed E-state index contributed by atoms with van der Waals surface area (Å²) in [5.74, 6) is 0.669. The molecule has 0 bridgehead atoms. The van der Waals surface area contributed by atoms with Gasteiger partial charge in [0, 0.05) is 11.1 Å². The van der Waals surface area contributed by atoms with E-state index in [1.54, 1.807) is 25.3 Å². The molecule has 9 heavy (non-hydrogen) atoms. The zero-order chi connectivity index (χ0) is 6.69. The summed E-state index contributed by atoms with van der Waals surface area (Å²) >= 11 is 5.62. The highest BCUT2D eigenvalue weighted by atomic mass is 35.5. The van der Waals surface area contributed by atoms with E-state index in [1.807, 2.05) is 0 Å². The lowest BCUT2D eigenvalue weighted by Gasteiger charge is -1.95. The van der Waals surface area contributed by atoms with Gasteiger partial charge in [-0.1, -0.05) is 11.6 Å². The minimum Gasteiger partial charge on any atom is -0.496 e. The van der Waals surface area contributed by atoms with Crippen molar-refractivity contribution in [3.8, 4) is 5.75 Å². The van der Waals surface area contributed by atoms with Crippen LogP contribution in [-0.4, -0.2) is 7.11 Å². The smallest absolute Gasteiger partial charge is 0.128 e. The lowest BCUT2D eigenvalue weighted by Crippen LogP contribution is -1.80. The van der Waals surface area contributed by atoms with Gasteiger partial charge in [0.15, 0.2) is 0 Å². The van der Waals surface area contributed by atoms with E-state index in [9.17, 15) is 0 Å². The molecule has 47 valence electrons. The van der Waals surface area contributed by atoms with Crippen molar-refractivity contribution in [3.63, 3.8) is 0 Å². The van der Waals surface area contributed by atoms with E-state index >= 15 is 0 Å². The number of hydrogen-bond donors (Lipinski definition) is 0. The van der Waals surface area contributed by atoms with E-state index in [0.29, 0.717) is 10.8 Å². The molecular weight excluding hydrogens is 136 g/mol. The van der Waals surface area contributed by atoms with Crippen molar-refractivity contribution >= 4 is 11.6 Å². The average Bonchev–Trinajstić information content (AvgIpc) is 1.88. The Morgan fingerprint density at radius 3 is 2.89 bits per heavy atom. The second-order valence-electron chi connectivity index (χ2n) is 1.58. The van der Waals surface area contributed by atoms with Gasteiger partial charge in [-0.3, -0.25) is 0 Å². The van der Waals surface area contributed by atoms with Crippen molar-refractivity contribution in [2.45, 2.75) is 0 Å². The Bertz CT molecular complexity index is 198. The molecular formula is C7H6ClO. The van der Waals surface area contributed by atoms with Gasteiger partial charge in [-0.25, -0.2) is 0 Å². The largest absolute Gasteiger partial charge is 0.496 e. The highest BCUT2D eigenvalue weighted by Gasteiger charge is 1.89. The number of rotatable bonds is 1. The zero-order valence-corrected chi connectivity index (χ0v) is 5.77. The van der Waals surface area contributed by atoms with Gasteiger partial charge in [0.25, 0.3) is 0 Å². The molecule has 0 aromatic heterocycles. The Kier molecular flexibility index (Phi) is 1.96. The van der Waals surface area contributed by atoms with E-state index in [-0.39, 0.29) is 0 Å². The van der Waals surface area contributed by atoms with Crippen LogP contribution >= 0.6 is 11.6 Å². The molecule has 1 rings (SSSR count). The molecule has 0 saturated carbocycles. The highest BCUT2D eigenvalue weighted by molar-refractivity contribution is 6.30. The maximum atomic E-state index is 5.62. The summed E-state index contributed by atoms with van der Waals surface area (Å²) in [4.78, 5) is 0. The van der Waals surface area contributed by atoms with Crippen LogP contribution in [0.5, 0.6) is 5.75 Å². The molecule has 0 fully saturated rings. The molecule has 0 aliphatic heterocycles. The minimum absolute atomic E-state index is 0.669. The fourth-order valence-electron chi connectivity index (χ4n) is 0.536. The number of halogens is 1. The van der Waals surface area contributed by atoms with E-state index in [0.717, 1.165) is 0 Å². The predicted octanol–water partition coefficient (Wildman–Crippen LogP) is 2.15. The molecule has 0 saturated heterocycles. The molecule has 0 amide bonds. The Morgan fingerprint density at radius 1 is 1.67 bits per heavy atom. The van der Waals surface area contributed by atoms with Gasteiger partial charge in [-0.05, 0) is 18.2 Å². The molecule has 0 spiro atoms. The van der Waals surface area contributed by atoms with Crippen LogP contribution in [0, 0.1) is 6.07 Å². The van der Waals surface area contributed by atoms with Gasteiger partial charge >= 0.3 is 0 Å². The molecule has 1 aromatic rings. The number of benzene rings is 1. The standard InChI is InChI=1S/C7H6ClO/c1-9-7-4-2-3-6(8)5-7/h2-3,5H,1H3. The topological polar surface area (TPSA) is 9.23 Å². The van der Waals surface area contributed by atoms with Crippen molar-refractivity contribution in [1.82, 2.24) is 0 Å². The number of ether oxygens (including phenoxy) is 1. The van der Waals surface area contributed by atoms with Crippen molar-refractivity contribution in [3.05, 3.63) is 29.3 Å². The second-order valence-corrected chi connectivity index (χ2v) is 2.01. The fourth-order valence-corrected chi connectivity index (χ4v) is 0.698. The Morgan fingerprint density at radius 2 is 2.44 bits per heavy atom. The molecule has 0 heterocycles. The van der Waals surface area contributed by atoms with Crippen LogP contribution in [0.15, 0.2) is 18.2 Å². The molecule has 0 atom stereocenters. The minimum atomic E-state index is 0.669. The van der Waals surface area contributed by atoms with Crippen LogP contribution in [0.1, 0.15) is 0 Å². The maximum absolute atomic E-state index is 5.62. The van der Waals surface area contributed by atoms with Crippen LogP contribution in [0.25, 0.3) is 0 Å². The van der Waals surface area contributed by atoms with E-state index in [1.165, 1.54) is 0 Å². The Hall–Kier alpha value is -0.690. The van der Waals surface area contributed by atoms with Crippen molar-refractivity contribution in [2.24, 2.45) is 0 Å². The molecule has 1 aromatic carbocycles. The van der Waals surface area contributed by atoms with Crippen LogP contribution in [0.2, 0.25) is 5.02 Å². The summed E-state index contributed by atoms with van der Waals surface area (Å²) in [6.45, 7) is 0. The summed E-state index contributed by atoms with van der Waals surface area (Å²) < 4.78 is 4.86. The third kappa shape index (κ3) is 1.61. The summed E-state index contributed by atoms with van der Waals surface area (Å²) in [6, 6.07) is 8.04. The molecule has 1 nitrogen and oxygen atoms in total. The van der Waals surface area contributed by atoms with E-state index < -0.39 is 0 Å². The number of hydrogen-bond acceptors (Lipinski definition) is 1. The van der Waals surface area contributed by atoms with Gasteiger partial charge in [0.05, 0.1) is 7.11 Å². The van der Waals surface area contributed by atoms with Gasteiger partial charge in [0.1, 0.15) is 5.75 Å². The predicted molar refractivity (Wildman–Crippen MR) is 36.8 cm³/mol. The maximum Gasteiger partial charge on any atom is 0.128 e. The SMILES string of the molecule is COc1[c]ccc(Cl)c1. The lowest BCUT2D eigenvalue weighted by molar-refractivity contribution is 0.414. The molecule has 0 aliphatic rings. The summed E-state index contributed by atoms with van der Waals surface area (Å²) in [7, 11) is 1.59. The second kappa shape index (κ2) is 2.74. The van der Waals surface area contributed by atoms with Gasteiger partial charge in [-0.2, -0.15) is 0 Å². The zero-order valence-electron chi connectivity index (χ0n) is 5.02. The third-order valence-corrected chi connectivity index (χ3v) is 1.19. The Labute approximate surface area is 59.2 Å². The fraction of sp³-hybridized carbons (Fsp3) is 0.143. The van der Waals surface area contributed by atoms with Gasteiger partial charge in [0.2, 0.25) is 0 Å². The number of methoxy groups -OCH3 is 1. The Balaban J connectivity index is 2.94. The van der Waals surface area contributed by atoms with Crippen LogP contribution in [0.4, 0.5) is 0 Å². The normalized spacial score (nSPS) is 9.11. The summed E-state index contributed by atoms with van der Waals surface area (Å²) in [5, 5.41) is 0.672. The van der Waals surface area contributed by atoms with Crippen LogP contribution in [0.3, 0.4) is 0 Å². The lowest BCUT2D eigenvalue weighted by atomic mass is 10.3. The summed E-state index contributed by atoms with van der Waals surface area (Å²) in [6.07, 6.45) is 0. The first kappa shape index (κ1) is 6.43. The molecule has 2 heteroatoms. The van der Waals surface area contributed by atoms with Crippen molar-refractivity contribution < 1.29 is 4.74 Å². The first-order chi connectivity index (χ1) is 4.33. The monoisotopic (exact) mass is 141 g/mol. The van der Waals surface area contributed by atoms with Crippen molar-refractivity contribution in [2.75, 3.05) is 7.11 Å². The molecule has 0 unspecified atom stereocenters. The van der Waals surface area contributed by atoms with Crippen LogP contribution < -0.4 is 4.74 Å². The van der Waals surface area contributed by atoms with E-state index in [2.05, 4.69) is 6.07 Å². The summed E-state index contributed by atoms with van der Waals surface area (Å²) in [5.41, 5.74) is 0. The third-order valence-electron chi connectivity index (χ3n) is 0.957. The highest BCUT2D eigenvalue weighted by Crippen LogP contribution is 2.15.